The molecule has 0 spiro atoms. The van der Waals surface area contributed by atoms with Crippen molar-refractivity contribution in [2.24, 2.45) is 11.8 Å². The molecule has 1 fully saturated rings. The molecule has 2 aromatic rings. The summed E-state index contributed by atoms with van der Waals surface area (Å²) < 4.78 is 6.63. The van der Waals surface area contributed by atoms with Gasteiger partial charge in [-0.15, -0.1) is 10.2 Å². The quantitative estimate of drug-likeness (QED) is 0.677. The van der Waals surface area contributed by atoms with Gasteiger partial charge in [0.05, 0.1) is 12.0 Å². The number of rotatable bonds is 4. The van der Waals surface area contributed by atoms with E-state index in [-0.39, 0.29) is 5.91 Å². The van der Waals surface area contributed by atoms with E-state index in [1.54, 1.807) is 18.4 Å². The summed E-state index contributed by atoms with van der Waals surface area (Å²) in [6.45, 7) is 6.04. The van der Waals surface area contributed by atoms with Crippen LogP contribution in [0.4, 0.5) is 0 Å². The highest BCUT2D eigenvalue weighted by Gasteiger charge is 2.26. The number of hydrogen-bond acceptors (Lipinski definition) is 6. The Morgan fingerprint density at radius 2 is 2.13 bits per heavy atom. The molecule has 3 heterocycles. The summed E-state index contributed by atoms with van der Waals surface area (Å²) in [6, 6.07) is 3.53. The van der Waals surface area contributed by atoms with Gasteiger partial charge in [-0.1, -0.05) is 25.6 Å². The summed E-state index contributed by atoms with van der Waals surface area (Å²) in [6.07, 6.45) is 2.74. The van der Waals surface area contributed by atoms with Crippen molar-refractivity contribution in [1.82, 2.24) is 19.8 Å². The third-order valence-corrected chi connectivity index (χ3v) is 4.88. The average Bonchev–Trinajstić information content (AvgIpc) is 3.13. The van der Waals surface area contributed by atoms with Gasteiger partial charge in [-0.25, -0.2) is 4.68 Å². The van der Waals surface area contributed by atoms with Crippen LogP contribution in [0.3, 0.4) is 0 Å². The number of amides is 1. The van der Waals surface area contributed by atoms with Crippen molar-refractivity contribution in [2.45, 2.75) is 25.4 Å². The second-order valence-electron chi connectivity index (χ2n) is 6.19. The first-order valence-corrected chi connectivity index (χ1v) is 8.68. The SMILES string of the molecule is CC1CC(C)CN(C(=O)CSc2nnc(-c3ccco3)n2N)C1. The number of hydrogen-bond donors (Lipinski definition) is 1. The van der Waals surface area contributed by atoms with Crippen LogP contribution in [0.25, 0.3) is 11.6 Å². The normalized spacial score (nSPS) is 21.6. The van der Waals surface area contributed by atoms with Crippen LogP contribution in [0, 0.1) is 11.8 Å². The topological polar surface area (TPSA) is 90.2 Å². The molecule has 2 unspecified atom stereocenters. The zero-order chi connectivity index (χ0) is 16.4. The lowest BCUT2D eigenvalue weighted by Crippen LogP contribution is -2.43. The number of nitrogens with zero attached hydrogens (tertiary/aromatic N) is 4. The number of piperidine rings is 1. The number of carbonyl (C=O) groups excluding carboxylic acids is 1. The maximum atomic E-state index is 12.4. The molecule has 1 amide bonds. The lowest BCUT2D eigenvalue weighted by atomic mass is 9.92. The molecule has 0 radical (unpaired) electrons. The zero-order valence-corrected chi connectivity index (χ0v) is 14.1. The summed E-state index contributed by atoms with van der Waals surface area (Å²) in [5.41, 5.74) is 0. The van der Waals surface area contributed by atoms with Gasteiger partial charge in [-0.3, -0.25) is 4.79 Å². The first-order valence-electron chi connectivity index (χ1n) is 7.69. The minimum absolute atomic E-state index is 0.121. The maximum Gasteiger partial charge on any atom is 0.233 e. The molecule has 7 nitrogen and oxygen atoms in total. The summed E-state index contributed by atoms with van der Waals surface area (Å²) in [4.78, 5) is 14.3. The van der Waals surface area contributed by atoms with Crippen LogP contribution in [-0.4, -0.2) is 44.5 Å². The third kappa shape index (κ3) is 3.52. The summed E-state index contributed by atoms with van der Waals surface area (Å²) in [7, 11) is 0. The number of carbonyl (C=O) groups is 1. The van der Waals surface area contributed by atoms with E-state index < -0.39 is 0 Å². The maximum absolute atomic E-state index is 12.4. The fraction of sp³-hybridized carbons (Fsp3) is 0.533. The molecule has 2 N–H and O–H groups in total. The average molecular weight is 335 g/mol. The molecule has 124 valence electrons. The minimum Gasteiger partial charge on any atom is -0.461 e. The number of likely N-dealkylation sites (tertiary alicyclic amines) is 1. The highest BCUT2D eigenvalue weighted by atomic mass is 32.2. The standard InChI is InChI=1S/C15H21N5O2S/c1-10-6-11(2)8-19(7-10)13(21)9-23-15-18-17-14(20(15)16)12-4-3-5-22-12/h3-5,10-11H,6-9,16H2,1-2H3. The monoisotopic (exact) mass is 335 g/mol. The van der Waals surface area contributed by atoms with E-state index in [0.717, 1.165) is 13.1 Å². The molecule has 1 saturated heterocycles. The van der Waals surface area contributed by atoms with Gasteiger partial charge < -0.3 is 15.2 Å². The summed E-state index contributed by atoms with van der Waals surface area (Å²) >= 11 is 1.30. The number of thioether (sulfide) groups is 1. The van der Waals surface area contributed by atoms with E-state index >= 15 is 0 Å². The van der Waals surface area contributed by atoms with Gasteiger partial charge in [0.2, 0.25) is 16.9 Å². The van der Waals surface area contributed by atoms with Crippen LogP contribution < -0.4 is 5.84 Å². The zero-order valence-electron chi connectivity index (χ0n) is 13.3. The number of furan rings is 1. The Bertz CT molecular complexity index is 659. The summed E-state index contributed by atoms with van der Waals surface area (Å²) in [5, 5.41) is 8.56. The Kier molecular flexibility index (Phi) is 4.61. The first kappa shape index (κ1) is 15.9. The Hall–Kier alpha value is -1.96. The van der Waals surface area contributed by atoms with E-state index in [9.17, 15) is 4.79 Å². The fourth-order valence-electron chi connectivity index (χ4n) is 3.03. The molecule has 3 rings (SSSR count). The first-order chi connectivity index (χ1) is 11.0. The molecule has 1 aliphatic heterocycles. The smallest absolute Gasteiger partial charge is 0.233 e. The second kappa shape index (κ2) is 6.66. The molecule has 1 aliphatic rings. The van der Waals surface area contributed by atoms with Crippen molar-refractivity contribution in [3.63, 3.8) is 0 Å². The third-order valence-electron chi connectivity index (χ3n) is 3.95. The second-order valence-corrected chi connectivity index (χ2v) is 7.13. The molecule has 2 aromatic heterocycles. The molecule has 23 heavy (non-hydrogen) atoms. The van der Waals surface area contributed by atoms with Crippen LogP contribution in [0.2, 0.25) is 0 Å². The molecule has 0 aromatic carbocycles. The van der Waals surface area contributed by atoms with Crippen molar-refractivity contribution in [3.05, 3.63) is 18.4 Å². The van der Waals surface area contributed by atoms with E-state index in [4.69, 9.17) is 10.3 Å². The predicted octanol–water partition coefficient (Wildman–Crippen LogP) is 1.85. The molecule has 0 aliphatic carbocycles. The predicted molar refractivity (Wildman–Crippen MR) is 88.1 cm³/mol. The summed E-state index contributed by atoms with van der Waals surface area (Å²) in [5.74, 6) is 8.53. The van der Waals surface area contributed by atoms with Crippen LogP contribution in [0.5, 0.6) is 0 Å². The van der Waals surface area contributed by atoms with E-state index in [0.29, 0.717) is 34.3 Å². The van der Waals surface area contributed by atoms with Crippen molar-refractivity contribution in [2.75, 3.05) is 24.7 Å². The Balaban J connectivity index is 1.61. The number of nitrogen functional groups attached to an aromatic ring is 1. The van der Waals surface area contributed by atoms with Gasteiger partial charge in [0, 0.05) is 13.1 Å². The lowest BCUT2D eigenvalue weighted by Gasteiger charge is -2.34. The lowest BCUT2D eigenvalue weighted by molar-refractivity contribution is -0.130. The molecule has 0 bridgehead atoms. The molecule has 8 heteroatoms. The molecular formula is C15H21N5O2S. The van der Waals surface area contributed by atoms with E-state index in [1.807, 2.05) is 4.90 Å². The Morgan fingerprint density at radius 3 is 2.78 bits per heavy atom. The molecule has 0 saturated carbocycles. The highest BCUT2D eigenvalue weighted by molar-refractivity contribution is 7.99. The van der Waals surface area contributed by atoms with Gasteiger partial charge in [0.25, 0.3) is 0 Å². The Morgan fingerprint density at radius 1 is 1.39 bits per heavy atom. The van der Waals surface area contributed by atoms with Crippen LogP contribution in [0.1, 0.15) is 20.3 Å². The van der Waals surface area contributed by atoms with Gasteiger partial charge >= 0.3 is 0 Å². The minimum atomic E-state index is 0.121. The van der Waals surface area contributed by atoms with Gasteiger partial charge in [0.15, 0.2) is 5.76 Å². The van der Waals surface area contributed by atoms with Crippen molar-refractivity contribution >= 4 is 17.7 Å². The van der Waals surface area contributed by atoms with Gasteiger partial charge in [-0.2, -0.15) is 0 Å². The van der Waals surface area contributed by atoms with Crippen molar-refractivity contribution in [3.8, 4) is 11.6 Å². The van der Waals surface area contributed by atoms with E-state index in [2.05, 4.69) is 24.0 Å². The number of aromatic nitrogens is 3. The van der Waals surface area contributed by atoms with Crippen LogP contribution in [0.15, 0.2) is 28.0 Å². The number of nitrogens with two attached hydrogens (primary N) is 1. The van der Waals surface area contributed by atoms with Crippen molar-refractivity contribution < 1.29 is 9.21 Å². The fourth-order valence-corrected chi connectivity index (χ4v) is 3.79. The van der Waals surface area contributed by atoms with Gasteiger partial charge in [0.1, 0.15) is 0 Å². The van der Waals surface area contributed by atoms with E-state index in [1.165, 1.54) is 22.9 Å². The molecular weight excluding hydrogens is 314 g/mol. The largest absolute Gasteiger partial charge is 0.461 e. The van der Waals surface area contributed by atoms with Crippen molar-refractivity contribution in [1.29, 1.82) is 0 Å². The Labute approximate surface area is 139 Å². The highest BCUT2D eigenvalue weighted by Crippen LogP contribution is 2.24. The van der Waals surface area contributed by atoms with Gasteiger partial charge in [-0.05, 0) is 30.4 Å². The molecule has 2 atom stereocenters. The van der Waals surface area contributed by atoms with Crippen LogP contribution in [-0.2, 0) is 4.79 Å². The van der Waals surface area contributed by atoms with Crippen LogP contribution >= 0.6 is 11.8 Å².